The lowest BCUT2D eigenvalue weighted by molar-refractivity contribution is 0.355. The number of benzene rings is 2. The Balaban J connectivity index is 1.81. The molecule has 0 bridgehead atoms. The Kier molecular flexibility index (Phi) is 4.56. The average molecular weight is 325 g/mol. The van der Waals surface area contributed by atoms with Crippen molar-refractivity contribution in [2.75, 3.05) is 19.5 Å². The van der Waals surface area contributed by atoms with E-state index in [1.165, 1.54) is 6.07 Å². The maximum atomic E-state index is 13.8. The number of ether oxygens (including phenoxy) is 2. The van der Waals surface area contributed by atoms with Crippen LogP contribution in [0.3, 0.4) is 0 Å². The SMILES string of the molecule is COc1ccc(Nc2ccc(-c3ccccc3F)nn2)cc1OC. The first-order valence-corrected chi connectivity index (χ1v) is 7.29. The van der Waals surface area contributed by atoms with Gasteiger partial charge in [0.25, 0.3) is 0 Å². The maximum Gasteiger partial charge on any atom is 0.162 e. The van der Waals surface area contributed by atoms with E-state index in [2.05, 4.69) is 15.5 Å². The molecule has 2 aromatic carbocycles. The fourth-order valence-electron chi connectivity index (χ4n) is 2.27. The van der Waals surface area contributed by atoms with Crippen molar-refractivity contribution in [1.29, 1.82) is 0 Å². The summed E-state index contributed by atoms with van der Waals surface area (Å²) in [4.78, 5) is 0. The monoisotopic (exact) mass is 325 g/mol. The lowest BCUT2D eigenvalue weighted by atomic mass is 10.1. The summed E-state index contributed by atoms with van der Waals surface area (Å²) in [6.45, 7) is 0. The van der Waals surface area contributed by atoms with Crippen molar-refractivity contribution in [3.05, 3.63) is 60.4 Å². The van der Waals surface area contributed by atoms with Crippen LogP contribution in [-0.2, 0) is 0 Å². The Bertz CT molecular complexity index is 838. The van der Waals surface area contributed by atoms with Crippen molar-refractivity contribution in [3.8, 4) is 22.8 Å². The molecule has 1 aromatic heterocycles. The lowest BCUT2D eigenvalue weighted by Gasteiger charge is -2.11. The maximum absolute atomic E-state index is 13.8. The first-order chi connectivity index (χ1) is 11.7. The van der Waals surface area contributed by atoms with Gasteiger partial charge in [-0.3, -0.25) is 0 Å². The molecule has 0 saturated heterocycles. The Hall–Kier alpha value is -3.15. The van der Waals surface area contributed by atoms with Crippen molar-refractivity contribution >= 4 is 11.5 Å². The van der Waals surface area contributed by atoms with Gasteiger partial charge in [0.1, 0.15) is 5.82 Å². The summed E-state index contributed by atoms with van der Waals surface area (Å²) in [5.74, 6) is 1.47. The number of nitrogens with zero attached hydrogens (tertiary/aromatic N) is 2. The van der Waals surface area contributed by atoms with Crippen LogP contribution < -0.4 is 14.8 Å². The van der Waals surface area contributed by atoms with Crippen LogP contribution in [0.2, 0.25) is 0 Å². The van der Waals surface area contributed by atoms with Gasteiger partial charge in [-0.05, 0) is 36.4 Å². The van der Waals surface area contributed by atoms with Crippen molar-refractivity contribution in [2.24, 2.45) is 0 Å². The molecule has 0 radical (unpaired) electrons. The first-order valence-electron chi connectivity index (χ1n) is 7.29. The molecule has 0 spiro atoms. The van der Waals surface area contributed by atoms with Crippen LogP contribution >= 0.6 is 0 Å². The van der Waals surface area contributed by atoms with E-state index in [0.29, 0.717) is 28.6 Å². The molecule has 0 fully saturated rings. The second-order valence-electron chi connectivity index (χ2n) is 4.98. The summed E-state index contributed by atoms with van der Waals surface area (Å²) in [7, 11) is 3.16. The molecule has 1 N–H and O–H groups in total. The molecule has 3 aromatic rings. The highest BCUT2D eigenvalue weighted by Crippen LogP contribution is 2.31. The van der Waals surface area contributed by atoms with Crippen LogP contribution in [0.25, 0.3) is 11.3 Å². The van der Waals surface area contributed by atoms with Crippen LogP contribution in [0, 0.1) is 5.82 Å². The van der Waals surface area contributed by atoms with Gasteiger partial charge < -0.3 is 14.8 Å². The minimum atomic E-state index is -0.326. The molecule has 0 aliphatic rings. The second kappa shape index (κ2) is 6.95. The zero-order valence-corrected chi connectivity index (χ0v) is 13.3. The molecule has 5 nitrogen and oxygen atoms in total. The smallest absolute Gasteiger partial charge is 0.162 e. The number of aromatic nitrogens is 2. The van der Waals surface area contributed by atoms with Gasteiger partial charge in [-0.15, -0.1) is 10.2 Å². The van der Waals surface area contributed by atoms with E-state index in [0.717, 1.165) is 5.69 Å². The molecule has 24 heavy (non-hydrogen) atoms. The first kappa shape index (κ1) is 15.7. The quantitative estimate of drug-likeness (QED) is 0.767. The summed E-state index contributed by atoms with van der Waals surface area (Å²) in [5.41, 5.74) is 1.68. The lowest BCUT2D eigenvalue weighted by Crippen LogP contribution is -1.98. The molecule has 6 heteroatoms. The summed E-state index contributed by atoms with van der Waals surface area (Å²) in [6, 6.07) is 15.4. The van der Waals surface area contributed by atoms with E-state index < -0.39 is 0 Å². The van der Waals surface area contributed by atoms with E-state index in [9.17, 15) is 4.39 Å². The Labute approximate surface area is 139 Å². The van der Waals surface area contributed by atoms with E-state index in [1.54, 1.807) is 56.7 Å². The highest BCUT2D eigenvalue weighted by molar-refractivity contribution is 5.64. The highest BCUT2D eigenvalue weighted by Gasteiger charge is 2.08. The van der Waals surface area contributed by atoms with Gasteiger partial charge in [0.05, 0.1) is 19.9 Å². The fraction of sp³-hybridized carbons (Fsp3) is 0.111. The third-order valence-corrected chi connectivity index (χ3v) is 3.47. The zero-order chi connectivity index (χ0) is 16.9. The summed E-state index contributed by atoms with van der Waals surface area (Å²) >= 11 is 0. The van der Waals surface area contributed by atoms with Crippen LogP contribution in [0.1, 0.15) is 0 Å². The average Bonchev–Trinajstić information content (AvgIpc) is 2.63. The van der Waals surface area contributed by atoms with E-state index in [1.807, 2.05) is 6.07 Å². The molecule has 3 rings (SSSR count). The molecular weight excluding hydrogens is 309 g/mol. The highest BCUT2D eigenvalue weighted by atomic mass is 19.1. The number of nitrogens with one attached hydrogen (secondary N) is 1. The molecule has 0 amide bonds. The zero-order valence-electron chi connectivity index (χ0n) is 13.3. The summed E-state index contributed by atoms with van der Waals surface area (Å²) < 4.78 is 24.2. The topological polar surface area (TPSA) is 56.3 Å². The Morgan fingerprint density at radius 2 is 1.67 bits per heavy atom. The number of halogens is 1. The number of anilines is 2. The van der Waals surface area contributed by atoms with E-state index >= 15 is 0 Å². The van der Waals surface area contributed by atoms with Gasteiger partial charge in [0.15, 0.2) is 17.3 Å². The third kappa shape index (κ3) is 3.27. The predicted molar refractivity (Wildman–Crippen MR) is 90.3 cm³/mol. The summed E-state index contributed by atoms with van der Waals surface area (Å²) in [5, 5.41) is 11.3. The van der Waals surface area contributed by atoms with Crippen LogP contribution in [-0.4, -0.2) is 24.4 Å². The van der Waals surface area contributed by atoms with Crippen LogP contribution in [0.5, 0.6) is 11.5 Å². The molecule has 0 unspecified atom stereocenters. The van der Waals surface area contributed by atoms with Gasteiger partial charge in [-0.1, -0.05) is 12.1 Å². The minimum Gasteiger partial charge on any atom is -0.493 e. The number of hydrogen-bond donors (Lipinski definition) is 1. The normalized spacial score (nSPS) is 10.3. The van der Waals surface area contributed by atoms with Gasteiger partial charge in [-0.25, -0.2) is 4.39 Å². The molecule has 122 valence electrons. The Morgan fingerprint density at radius 1 is 0.875 bits per heavy atom. The largest absolute Gasteiger partial charge is 0.493 e. The molecular formula is C18H16FN3O2. The van der Waals surface area contributed by atoms with Crippen molar-refractivity contribution < 1.29 is 13.9 Å². The van der Waals surface area contributed by atoms with Crippen molar-refractivity contribution in [3.63, 3.8) is 0 Å². The van der Waals surface area contributed by atoms with Crippen molar-refractivity contribution in [1.82, 2.24) is 10.2 Å². The molecule has 0 aliphatic carbocycles. The standard InChI is InChI=1S/C18H16FN3O2/c1-23-16-9-7-12(11-17(16)24-2)20-18-10-8-15(21-22-18)13-5-3-4-6-14(13)19/h3-11H,1-2H3,(H,20,22). The predicted octanol–water partition coefficient (Wildman–Crippen LogP) is 4.04. The number of methoxy groups -OCH3 is 2. The molecule has 0 saturated carbocycles. The van der Waals surface area contributed by atoms with Gasteiger partial charge in [-0.2, -0.15) is 0 Å². The molecule has 1 heterocycles. The van der Waals surface area contributed by atoms with Gasteiger partial charge in [0.2, 0.25) is 0 Å². The second-order valence-corrected chi connectivity index (χ2v) is 4.98. The van der Waals surface area contributed by atoms with Gasteiger partial charge >= 0.3 is 0 Å². The minimum absolute atomic E-state index is 0.326. The van der Waals surface area contributed by atoms with E-state index in [4.69, 9.17) is 9.47 Å². The van der Waals surface area contributed by atoms with Crippen LogP contribution in [0.15, 0.2) is 54.6 Å². The number of hydrogen-bond acceptors (Lipinski definition) is 5. The Morgan fingerprint density at radius 3 is 2.33 bits per heavy atom. The summed E-state index contributed by atoms with van der Waals surface area (Å²) in [6.07, 6.45) is 0. The molecule has 0 aliphatic heterocycles. The molecule has 0 atom stereocenters. The third-order valence-electron chi connectivity index (χ3n) is 3.47. The van der Waals surface area contributed by atoms with E-state index in [-0.39, 0.29) is 5.82 Å². The number of rotatable bonds is 5. The van der Waals surface area contributed by atoms with Crippen molar-refractivity contribution in [2.45, 2.75) is 0 Å². The fourth-order valence-corrected chi connectivity index (χ4v) is 2.27. The van der Waals surface area contributed by atoms with Crippen LogP contribution in [0.4, 0.5) is 15.9 Å². The van der Waals surface area contributed by atoms with Gasteiger partial charge in [0, 0.05) is 17.3 Å².